The summed E-state index contributed by atoms with van der Waals surface area (Å²) in [5.74, 6) is -0.237. The van der Waals surface area contributed by atoms with E-state index in [9.17, 15) is 9.18 Å². The zero-order valence-electron chi connectivity index (χ0n) is 8.54. The van der Waals surface area contributed by atoms with Crippen molar-refractivity contribution in [3.8, 4) is 0 Å². The van der Waals surface area contributed by atoms with Gasteiger partial charge in [-0.3, -0.25) is 0 Å². The van der Waals surface area contributed by atoms with E-state index in [1.807, 2.05) is 6.92 Å². The molecule has 0 bridgehead atoms. The number of halogens is 1. The van der Waals surface area contributed by atoms with Crippen LogP contribution >= 0.6 is 11.8 Å². The second-order valence-electron chi connectivity index (χ2n) is 2.79. The van der Waals surface area contributed by atoms with Crippen LogP contribution in [0.4, 0.5) is 10.1 Å². The minimum atomic E-state index is -0.551. The largest absolute Gasteiger partial charge is 0.465 e. The SMILES string of the molecule is CCSc1cc(C(=O)OC)c(N)cc1F. The molecule has 82 valence electrons. The van der Waals surface area contributed by atoms with Crippen LogP contribution in [0.25, 0.3) is 0 Å². The molecule has 0 saturated carbocycles. The van der Waals surface area contributed by atoms with Gasteiger partial charge in [-0.1, -0.05) is 6.92 Å². The minimum Gasteiger partial charge on any atom is -0.465 e. The summed E-state index contributed by atoms with van der Waals surface area (Å²) in [5, 5.41) is 0. The van der Waals surface area contributed by atoms with Crippen LogP contribution in [0.3, 0.4) is 0 Å². The maximum atomic E-state index is 13.3. The third-order valence-corrected chi connectivity index (χ3v) is 2.72. The zero-order chi connectivity index (χ0) is 11.4. The first-order chi connectivity index (χ1) is 7.10. The van der Waals surface area contributed by atoms with E-state index in [0.717, 1.165) is 11.8 Å². The van der Waals surface area contributed by atoms with E-state index < -0.39 is 11.8 Å². The number of ether oxygens (including phenoxy) is 1. The Balaban J connectivity index is 3.17. The monoisotopic (exact) mass is 229 g/mol. The van der Waals surface area contributed by atoms with Crippen molar-refractivity contribution in [1.82, 2.24) is 0 Å². The van der Waals surface area contributed by atoms with E-state index in [2.05, 4.69) is 4.74 Å². The Kier molecular flexibility index (Phi) is 3.96. The number of hydrogen-bond donors (Lipinski definition) is 1. The van der Waals surface area contributed by atoms with Gasteiger partial charge in [-0.2, -0.15) is 0 Å². The van der Waals surface area contributed by atoms with Gasteiger partial charge < -0.3 is 10.5 Å². The third-order valence-electron chi connectivity index (χ3n) is 1.81. The average Bonchev–Trinajstić information content (AvgIpc) is 2.21. The Morgan fingerprint density at radius 3 is 2.80 bits per heavy atom. The molecule has 2 N–H and O–H groups in total. The van der Waals surface area contributed by atoms with Crippen LogP contribution in [0, 0.1) is 5.82 Å². The normalized spacial score (nSPS) is 10.1. The first-order valence-corrected chi connectivity index (χ1v) is 5.38. The standard InChI is InChI=1S/C10H12FNO2S/c1-3-15-9-4-6(10(13)14-2)8(12)5-7(9)11/h4-5H,3,12H2,1-2H3. The fourth-order valence-electron chi connectivity index (χ4n) is 1.12. The molecule has 1 aromatic carbocycles. The molecule has 0 saturated heterocycles. The van der Waals surface area contributed by atoms with Gasteiger partial charge in [0.2, 0.25) is 0 Å². The van der Waals surface area contributed by atoms with Crippen LogP contribution in [0.2, 0.25) is 0 Å². The van der Waals surface area contributed by atoms with E-state index >= 15 is 0 Å². The topological polar surface area (TPSA) is 52.3 Å². The summed E-state index contributed by atoms with van der Waals surface area (Å²) in [6.07, 6.45) is 0. The van der Waals surface area contributed by atoms with Gasteiger partial charge in [0.25, 0.3) is 0 Å². The van der Waals surface area contributed by atoms with Crippen LogP contribution in [0.1, 0.15) is 17.3 Å². The second-order valence-corrected chi connectivity index (χ2v) is 4.10. The highest BCUT2D eigenvalue weighted by molar-refractivity contribution is 7.99. The lowest BCUT2D eigenvalue weighted by Gasteiger charge is -2.07. The molecule has 5 heteroatoms. The molecule has 15 heavy (non-hydrogen) atoms. The first kappa shape index (κ1) is 11.8. The molecule has 0 aliphatic rings. The number of anilines is 1. The molecule has 0 aliphatic heterocycles. The van der Waals surface area contributed by atoms with Crippen molar-refractivity contribution in [1.29, 1.82) is 0 Å². The smallest absolute Gasteiger partial charge is 0.339 e. The molecule has 1 aromatic rings. The van der Waals surface area contributed by atoms with E-state index in [0.29, 0.717) is 4.90 Å². The van der Waals surface area contributed by atoms with Gasteiger partial charge in [-0.25, -0.2) is 9.18 Å². The molecule has 0 amide bonds. The molecule has 0 radical (unpaired) electrons. The van der Waals surface area contributed by atoms with Crippen molar-refractivity contribution in [3.63, 3.8) is 0 Å². The molecule has 0 heterocycles. The molecule has 0 spiro atoms. The highest BCUT2D eigenvalue weighted by atomic mass is 32.2. The number of carbonyl (C=O) groups excluding carboxylic acids is 1. The van der Waals surface area contributed by atoms with Crippen molar-refractivity contribution >= 4 is 23.4 Å². The maximum Gasteiger partial charge on any atom is 0.339 e. The fourth-order valence-corrected chi connectivity index (χ4v) is 1.83. The quantitative estimate of drug-likeness (QED) is 0.491. The predicted octanol–water partition coefficient (Wildman–Crippen LogP) is 2.31. The molecular weight excluding hydrogens is 217 g/mol. The van der Waals surface area contributed by atoms with E-state index in [4.69, 9.17) is 5.73 Å². The number of esters is 1. The lowest BCUT2D eigenvalue weighted by atomic mass is 10.2. The lowest BCUT2D eigenvalue weighted by Crippen LogP contribution is -2.06. The van der Waals surface area contributed by atoms with Gasteiger partial charge in [0.05, 0.1) is 12.7 Å². The first-order valence-electron chi connectivity index (χ1n) is 4.40. The maximum absolute atomic E-state index is 13.3. The van der Waals surface area contributed by atoms with Crippen molar-refractivity contribution in [2.75, 3.05) is 18.6 Å². The van der Waals surface area contributed by atoms with Gasteiger partial charge in [0.15, 0.2) is 0 Å². The van der Waals surface area contributed by atoms with Gasteiger partial charge in [0.1, 0.15) is 5.82 Å². The van der Waals surface area contributed by atoms with Crippen LogP contribution in [0.15, 0.2) is 17.0 Å². The Bertz CT molecular complexity index is 382. The van der Waals surface area contributed by atoms with Crippen molar-refractivity contribution < 1.29 is 13.9 Å². The molecule has 0 aromatic heterocycles. The number of methoxy groups -OCH3 is 1. The van der Waals surface area contributed by atoms with Crippen LogP contribution in [-0.4, -0.2) is 18.8 Å². The van der Waals surface area contributed by atoms with Gasteiger partial charge in [-0.05, 0) is 17.9 Å². The number of benzene rings is 1. The number of nitrogen functional groups attached to an aromatic ring is 1. The summed E-state index contributed by atoms with van der Waals surface area (Å²) in [7, 11) is 1.26. The number of carbonyl (C=O) groups is 1. The van der Waals surface area contributed by atoms with Gasteiger partial charge >= 0.3 is 5.97 Å². The van der Waals surface area contributed by atoms with E-state index in [1.54, 1.807) is 0 Å². The van der Waals surface area contributed by atoms with Gasteiger partial charge in [0, 0.05) is 10.6 Å². The second kappa shape index (κ2) is 5.02. The van der Waals surface area contributed by atoms with E-state index in [1.165, 1.54) is 24.9 Å². The predicted molar refractivity (Wildman–Crippen MR) is 58.5 cm³/mol. The summed E-state index contributed by atoms with van der Waals surface area (Å²) in [5.41, 5.74) is 5.81. The Labute approximate surface area is 91.8 Å². The fraction of sp³-hybridized carbons (Fsp3) is 0.300. The summed E-state index contributed by atoms with van der Waals surface area (Å²) in [6.45, 7) is 1.90. The molecule has 0 aliphatic carbocycles. The summed E-state index contributed by atoms with van der Waals surface area (Å²) >= 11 is 1.31. The summed E-state index contributed by atoms with van der Waals surface area (Å²) in [4.78, 5) is 11.7. The lowest BCUT2D eigenvalue weighted by molar-refractivity contribution is 0.0601. The molecule has 3 nitrogen and oxygen atoms in total. The highest BCUT2D eigenvalue weighted by Crippen LogP contribution is 2.26. The Morgan fingerprint density at radius 1 is 1.60 bits per heavy atom. The number of hydrogen-bond acceptors (Lipinski definition) is 4. The highest BCUT2D eigenvalue weighted by Gasteiger charge is 2.14. The minimum absolute atomic E-state index is 0.0970. The molecule has 1 rings (SSSR count). The van der Waals surface area contributed by atoms with Crippen molar-refractivity contribution in [3.05, 3.63) is 23.5 Å². The van der Waals surface area contributed by atoms with Crippen LogP contribution in [0.5, 0.6) is 0 Å². The molecular formula is C10H12FNO2S. The average molecular weight is 229 g/mol. The zero-order valence-corrected chi connectivity index (χ0v) is 9.36. The summed E-state index contributed by atoms with van der Waals surface area (Å²) < 4.78 is 17.9. The van der Waals surface area contributed by atoms with Gasteiger partial charge in [-0.15, -0.1) is 11.8 Å². The Morgan fingerprint density at radius 2 is 2.27 bits per heavy atom. The number of nitrogens with two attached hydrogens (primary N) is 1. The Hall–Kier alpha value is -1.23. The summed E-state index contributed by atoms with van der Waals surface area (Å²) in [6, 6.07) is 2.56. The third kappa shape index (κ3) is 2.62. The number of thioether (sulfide) groups is 1. The molecule has 0 fully saturated rings. The number of rotatable bonds is 3. The van der Waals surface area contributed by atoms with Crippen LogP contribution < -0.4 is 5.73 Å². The van der Waals surface area contributed by atoms with Crippen molar-refractivity contribution in [2.24, 2.45) is 0 Å². The van der Waals surface area contributed by atoms with E-state index in [-0.39, 0.29) is 11.3 Å². The van der Waals surface area contributed by atoms with Crippen molar-refractivity contribution in [2.45, 2.75) is 11.8 Å². The molecule has 0 atom stereocenters. The molecule has 0 unspecified atom stereocenters. The van der Waals surface area contributed by atoms with Crippen LogP contribution in [-0.2, 0) is 4.74 Å².